The lowest BCUT2D eigenvalue weighted by Crippen LogP contribution is -2.53. The summed E-state index contributed by atoms with van der Waals surface area (Å²) in [7, 11) is 9.52. The van der Waals surface area contributed by atoms with Crippen LogP contribution in [-0.4, -0.2) is 54.9 Å². The van der Waals surface area contributed by atoms with E-state index < -0.39 is 37.8 Å². The summed E-state index contributed by atoms with van der Waals surface area (Å²) in [4.78, 5) is 46.0. The van der Waals surface area contributed by atoms with Crippen LogP contribution in [0.4, 0.5) is 9.59 Å². The van der Waals surface area contributed by atoms with Gasteiger partial charge in [0.1, 0.15) is 11.1 Å². The van der Waals surface area contributed by atoms with Crippen LogP contribution in [0.15, 0.2) is 30.3 Å². The second-order valence-electron chi connectivity index (χ2n) is 8.97. The Bertz CT molecular complexity index is 1120. The lowest BCUT2D eigenvalue weighted by atomic mass is 9.96. The zero-order valence-corrected chi connectivity index (χ0v) is 22.8. The van der Waals surface area contributed by atoms with Crippen LogP contribution in [-0.2, 0) is 24.4 Å². The van der Waals surface area contributed by atoms with Gasteiger partial charge in [-0.05, 0) is 43.1 Å². The summed E-state index contributed by atoms with van der Waals surface area (Å²) in [6, 6.07) is 9.15. The minimum atomic E-state index is -3.83. The van der Waals surface area contributed by atoms with E-state index in [2.05, 4.69) is 49.8 Å². The van der Waals surface area contributed by atoms with Crippen LogP contribution in [0.2, 0.25) is 0 Å². The maximum atomic E-state index is 12.0. The minimum Gasteiger partial charge on any atom is -0.322 e. The Hall–Kier alpha value is -1.73. The van der Waals surface area contributed by atoms with E-state index in [-0.39, 0.29) is 17.9 Å². The second kappa shape index (κ2) is 11.8. The summed E-state index contributed by atoms with van der Waals surface area (Å²) in [6.45, 7) is 0. The number of carbonyl (C=O) groups excluding carboxylic acids is 4. The molecule has 6 amide bonds. The predicted molar refractivity (Wildman–Crippen MR) is 138 cm³/mol. The van der Waals surface area contributed by atoms with Crippen molar-refractivity contribution in [3.63, 3.8) is 0 Å². The Kier molecular flexibility index (Phi) is 9.42. The third kappa shape index (κ3) is 6.97. The molecular formula is C21H25Cl3N4O6S2. The van der Waals surface area contributed by atoms with Gasteiger partial charge in [0.05, 0.1) is 5.75 Å². The number of hydrogen-bond donors (Lipinski definition) is 4. The molecule has 2 aliphatic heterocycles. The van der Waals surface area contributed by atoms with Gasteiger partial charge in [0.2, 0.25) is 9.05 Å². The smallest absolute Gasteiger partial charge is 0.322 e. The van der Waals surface area contributed by atoms with Crippen molar-refractivity contribution in [1.82, 2.24) is 21.3 Å². The van der Waals surface area contributed by atoms with E-state index >= 15 is 0 Å². The zero-order valence-electron chi connectivity index (χ0n) is 18.9. The maximum Gasteiger partial charge on any atom is 0.322 e. The molecule has 2 heterocycles. The average molecular weight is 600 g/mol. The highest BCUT2D eigenvalue weighted by molar-refractivity contribution is 8.13. The van der Waals surface area contributed by atoms with Gasteiger partial charge in [-0.15, -0.1) is 0 Å². The molecule has 0 radical (unpaired) electrons. The molecule has 2 atom stereocenters. The molecule has 4 N–H and O–H groups in total. The predicted octanol–water partition coefficient (Wildman–Crippen LogP) is 2.83. The van der Waals surface area contributed by atoms with E-state index in [9.17, 15) is 27.6 Å². The van der Waals surface area contributed by atoms with Crippen molar-refractivity contribution < 1.29 is 27.6 Å². The van der Waals surface area contributed by atoms with Gasteiger partial charge in [-0.1, -0.05) is 30.3 Å². The van der Waals surface area contributed by atoms with Gasteiger partial charge >= 0.3 is 12.1 Å². The van der Waals surface area contributed by atoms with Gasteiger partial charge in [0.25, 0.3) is 11.8 Å². The standard InChI is InChI=1S/C14H16N2O2S.C7H9ClN2O4S.Cl2/c17-12-14(11-6-7-11,16-13(18)15-12)9-19-8-10-4-2-1-3-5-10;8-15(13,14)3-7(4-1-2-4)5(11)9-6(12)10-7;1-2/h1-5,11H,6-9H2,(H2,15,16,17,18);4H,1-3H2,(H2,9,10,11,12);/t14-;7-;/m00./s1. The Balaban J connectivity index is 0.000000193. The van der Waals surface area contributed by atoms with Gasteiger partial charge in [0, 0.05) is 43.9 Å². The molecule has 0 spiro atoms. The van der Waals surface area contributed by atoms with Crippen molar-refractivity contribution in [1.29, 1.82) is 0 Å². The van der Waals surface area contributed by atoms with Crippen molar-refractivity contribution in [2.75, 3.05) is 11.5 Å². The Morgan fingerprint density at radius 1 is 0.833 bits per heavy atom. The first kappa shape index (κ1) is 28.8. The fourth-order valence-electron chi connectivity index (χ4n) is 4.35. The lowest BCUT2D eigenvalue weighted by Gasteiger charge is -2.25. The molecule has 2 aliphatic carbocycles. The van der Waals surface area contributed by atoms with Crippen molar-refractivity contribution in [3.05, 3.63) is 35.9 Å². The highest BCUT2D eigenvalue weighted by Crippen LogP contribution is 2.43. The van der Waals surface area contributed by atoms with Crippen LogP contribution >= 0.6 is 44.2 Å². The second-order valence-corrected chi connectivity index (χ2v) is 12.7. The summed E-state index contributed by atoms with van der Waals surface area (Å²) >= 11 is 1.70. The third-order valence-corrected chi connectivity index (χ3v) is 8.65. The summed E-state index contributed by atoms with van der Waals surface area (Å²) in [5.74, 6) is 0.381. The molecule has 10 nitrogen and oxygen atoms in total. The first-order chi connectivity index (χ1) is 17.0. The summed E-state index contributed by atoms with van der Waals surface area (Å²) in [5, 5.41) is 9.63. The molecule has 198 valence electrons. The first-order valence-electron chi connectivity index (χ1n) is 11.0. The number of nitrogens with one attached hydrogen (secondary N) is 4. The van der Waals surface area contributed by atoms with Gasteiger partial charge in [-0.3, -0.25) is 20.2 Å². The van der Waals surface area contributed by atoms with Gasteiger partial charge in [-0.2, -0.15) is 11.8 Å². The molecule has 5 rings (SSSR count). The average Bonchev–Trinajstić information content (AvgIpc) is 3.73. The van der Waals surface area contributed by atoms with Crippen LogP contribution in [0.3, 0.4) is 0 Å². The Labute approximate surface area is 226 Å². The highest BCUT2D eigenvalue weighted by atomic mass is 36.5. The number of urea groups is 2. The van der Waals surface area contributed by atoms with E-state index in [4.69, 9.17) is 10.7 Å². The zero-order chi connectivity index (χ0) is 26.6. The molecule has 0 bridgehead atoms. The van der Waals surface area contributed by atoms with Crippen molar-refractivity contribution in [3.8, 4) is 0 Å². The van der Waals surface area contributed by atoms with Crippen LogP contribution in [0.25, 0.3) is 0 Å². The molecule has 2 saturated carbocycles. The fraction of sp³-hybridized carbons (Fsp3) is 0.524. The molecule has 2 saturated heterocycles. The number of amides is 6. The number of thioether (sulfide) groups is 1. The highest BCUT2D eigenvalue weighted by Gasteiger charge is 2.58. The lowest BCUT2D eigenvalue weighted by molar-refractivity contribution is -0.124. The molecule has 15 heteroatoms. The van der Waals surface area contributed by atoms with Gasteiger partial charge in [0.15, 0.2) is 0 Å². The monoisotopic (exact) mass is 598 g/mol. The maximum absolute atomic E-state index is 12.0. The first-order valence-corrected chi connectivity index (χ1v) is 15.8. The summed E-state index contributed by atoms with van der Waals surface area (Å²) < 4.78 is 22.0. The number of imide groups is 2. The number of hydrogen-bond acceptors (Lipinski definition) is 7. The SMILES string of the molecule is ClCl.O=C1NC(=O)[C@](CS(=O)(=O)Cl)(C2CC2)N1.O=C1NC(=O)[C@](CSCc2ccccc2)(C2CC2)N1. The van der Waals surface area contributed by atoms with Crippen LogP contribution in [0, 0.1) is 11.8 Å². The molecule has 1 aromatic rings. The fourth-order valence-corrected chi connectivity index (χ4v) is 7.14. The number of carbonyl (C=O) groups is 4. The van der Waals surface area contributed by atoms with Gasteiger partial charge < -0.3 is 10.6 Å². The quantitative estimate of drug-likeness (QED) is 0.265. The molecule has 0 unspecified atom stereocenters. The topological polar surface area (TPSA) is 151 Å². The third-order valence-electron chi connectivity index (χ3n) is 6.33. The van der Waals surface area contributed by atoms with E-state index in [0.29, 0.717) is 11.7 Å². The molecule has 4 aliphatic rings. The minimum absolute atomic E-state index is 0.127. The molecule has 36 heavy (non-hydrogen) atoms. The van der Waals surface area contributed by atoms with Crippen molar-refractivity contribution in [2.45, 2.75) is 42.5 Å². The number of rotatable bonds is 8. The van der Waals surface area contributed by atoms with Crippen LogP contribution in [0.1, 0.15) is 31.2 Å². The van der Waals surface area contributed by atoms with Crippen molar-refractivity contribution >= 4 is 77.1 Å². The normalized spacial score (nSPS) is 27.0. The molecular weight excluding hydrogens is 575 g/mol. The van der Waals surface area contributed by atoms with Crippen molar-refractivity contribution in [2.24, 2.45) is 11.8 Å². The van der Waals surface area contributed by atoms with E-state index in [1.165, 1.54) is 5.56 Å². The van der Waals surface area contributed by atoms with Gasteiger partial charge in [-0.25, -0.2) is 18.0 Å². The van der Waals surface area contributed by atoms with E-state index in [1.54, 1.807) is 11.8 Å². The van der Waals surface area contributed by atoms with E-state index in [1.807, 2.05) is 23.5 Å². The number of benzene rings is 1. The summed E-state index contributed by atoms with van der Waals surface area (Å²) in [5.41, 5.74) is -0.781. The number of halogens is 3. The molecule has 1 aromatic carbocycles. The molecule has 0 aromatic heterocycles. The Morgan fingerprint density at radius 3 is 1.72 bits per heavy atom. The van der Waals surface area contributed by atoms with E-state index in [0.717, 1.165) is 31.4 Å². The van der Waals surface area contributed by atoms with Crippen LogP contribution in [0.5, 0.6) is 0 Å². The Morgan fingerprint density at radius 2 is 1.31 bits per heavy atom. The van der Waals surface area contributed by atoms with Crippen LogP contribution < -0.4 is 21.3 Å². The summed E-state index contributed by atoms with van der Waals surface area (Å²) in [6.07, 6.45) is 3.50. The molecule has 4 fully saturated rings. The largest absolute Gasteiger partial charge is 0.322 e.